The van der Waals surface area contributed by atoms with Gasteiger partial charge in [-0.25, -0.2) is 4.39 Å². The van der Waals surface area contributed by atoms with Gasteiger partial charge in [0.15, 0.2) is 0 Å². The molecule has 0 radical (unpaired) electrons. The molecule has 1 saturated heterocycles. The largest absolute Gasteiger partial charge is 0.508 e. The first-order chi connectivity index (χ1) is 11.2. The van der Waals surface area contributed by atoms with Crippen molar-refractivity contribution in [1.82, 2.24) is 10.2 Å². The van der Waals surface area contributed by atoms with Crippen molar-refractivity contribution in [3.63, 3.8) is 0 Å². The van der Waals surface area contributed by atoms with Crippen molar-refractivity contribution in [3.05, 3.63) is 29.6 Å². The molecule has 0 spiro atoms. The minimum absolute atomic E-state index is 0.146. The summed E-state index contributed by atoms with van der Waals surface area (Å²) in [6.45, 7) is 0.245. The summed E-state index contributed by atoms with van der Waals surface area (Å²) in [4.78, 5) is 13.3. The Hall–Kier alpha value is -1.83. The maximum Gasteiger partial charge on any atom is 0.401 e. The summed E-state index contributed by atoms with van der Waals surface area (Å²) in [5, 5.41) is 11.7. The van der Waals surface area contributed by atoms with Gasteiger partial charge in [0, 0.05) is 12.6 Å². The normalized spacial score (nSPS) is 17.0. The van der Waals surface area contributed by atoms with E-state index in [-0.39, 0.29) is 17.2 Å². The third-order valence-electron chi connectivity index (χ3n) is 4.15. The standard InChI is InChI=1S/C16H20F4N2O2/c17-14-9-12(23)1-2-13(14)15(24)21-6-3-11-4-7-22(8-5-11)10-16(18,19)20/h1-2,9,11,23H,3-8,10H2,(H,21,24). The molecule has 0 aromatic heterocycles. The van der Waals surface area contributed by atoms with Gasteiger partial charge in [0.05, 0.1) is 12.1 Å². The molecule has 1 heterocycles. The Morgan fingerprint density at radius 1 is 1.29 bits per heavy atom. The van der Waals surface area contributed by atoms with Gasteiger partial charge in [0.25, 0.3) is 5.91 Å². The minimum Gasteiger partial charge on any atom is -0.508 e. The lowest BCUT2D eigenvalue weighted by atomic mass is 9.93. The number of phenols is 1. The molecule has 1 fully saturated rings. The van der Waals surface area contributed by atoms with Gasteiger partial charge < -0.3 is 10.4 Å². The fraction of sp³-hybridized carbons (Fsp3) is 0.562. The number of hydrogen-bond acceptors (Lipinski definition) is 3. The first-order valence-electron chi connectivity index (χ1n) is 7.80. The number of carbonyl (C=O) groups is 1. The van der Waals surface area contributed by atoms with E-state index in [4.69, 9.17) is 5.11 Å². The van der Waals surface area contributed by atoms with E-state index in [0.717, 1.165) is 6.07 Å². The Morgan fingerprint density at radius 3 is 2.54 bits per heavy atom. The maximum atomic E-state index is 13.5. The molecule has 24 heavy (non-hydrogen) atoms. The van der Waals surface area contributed by atoms with Crippen molar-refractivity contribution in [3.8, 4) is 5.75 Å². The molecule has 1 aliphatic heterocycles. The highest BCUT2D eigenvalue weighted by Gasteiger charge is 2.32. The summed E-state index contributed by atoms with van der Waals surface area (Å²) < 4.78 is 50.5. The highest BCUT2D eigenvalue weighted by Crippen LogP contribution is 2.24. The van der Waals surface area contributed by atoms with Gasteiger partial charge in [0.2, 0.25) is 0 Å². The molecule has 1 amide bonds. The van der Waals surface area contributed by atoms with E-state index in [1.165, 1.54) is 17.0 Å². The first kappa shape index (κ1) is 18.5. The van der Waals surface area contributed by atoms with Gasteiger partial charge in [-0.3, -0.25) is 9.69 Å². The minimum atomic E-state index is -4.17. The zero-order chi connectivity index (χ0) is 17.7. The van der Waals surface area contributed by atoms with Crippen LogP contribution in [0.1, 0.15) is 29.6 Å². The van der Waals surface area contributed by atoms with E-state index in [9.17, 15) is 22.4 Å². The van der Waals surface area contributed by atoms with Crippen molar-refractivity contribution in [2.75, 3.05) is 26.2 Å². The molecule has 1 aromatic rings. The molecule has 0 saturated carbocycles. The quantitative estimate of drug-likeness (QED) is 0.805. The summed E-state index contributed by atoms with van der Waals surface area (Å²) >= 11 is 0. The Labute approximate surface area is 137 Å². The van der Waals surface area contributed by atoms with Crippen LogP contribution in [0.15, 0.2) is 18.2 Å². The van der Waals surface area contributed by atoms with Crippen LogP contribution in [0.25, 0.3) is 0 Å². The second-order valence-electron chi connectivity index (χ2n) is 6.04. The summed E-state index contributed by atoms with van der Waals surface area (Å²) in [6.07, 6.45) is -2.22. The molecule has 0 unspecified atom stereocenters. The molecule has 0 atom stereocenters. The van der Waals surface area contributed by atoms with E-state index in [0.29, 0.717) is 38.9 Å². The van der Waals surface area contributed by atoms with E-state index >= 15 is 0 Å². The van der Waals surface area contributed by atoms with Gasteiger partial charge in [0.1, 0.15) is 11.6 Å². The lowest BCUT2D eigenvalue weighted by molar-refractivity contribution is -0.148. The molecular formula is C16H20F4N2O2. The van der Waals surface area contributed by atoms with Crippen LogP contribution in [0.3, 0.4) is 0 Å². The van der Waals surface area contributed by atoms with Crippen LogP contribution >= 0.6 is 0 Å². The fourth-order valence-corrected chi connectivity index (χ4v) is 2.86. The van der Waals surface area contributed by atoms with Crippen LogP contribution in [0, 0.1) is 11.7 Å². The number of rotatable bonds is 5. The zero-order valence-electron chi connectivity index (χ0n) is 13.1. The summed E-state index contributed by atoms with van der Waals surface area (Å²) in [5.74, 6) is -1.37. The molecule has 0 bridgehead atoms. The van der Waals surface area contributed by atoms with E-state index in [1.807, 2.05) is 0 Å². The van der Waals surface area contributed by atoms with Crippen LogP contribution in [0.2, 0.25) is 0 Å². The van der Waals surface area contributed by atoms with Crippen molar-refractivity contribution in [2.24, 2.45) is 5.92 Å². The van der Waals surface area contributed by atoms with E-state index in [2.05, 4.69) is 5.32 Å². The lowest BCUT2D eigenvalue weighted by Crippen LogP contribution is -2.40. The van der Waals surface area contributed by atoms with Crippen LogP contribution in [-0.2, 0) is 0 Å². The van der Waals surface area contributed by atoms with Crippen molar-refractivity contribution < 1.29 is 27.5 Å². The SMILES string of the molecule is O=C(NCCC1CCN(CC(F)(F)F)CC1)c1ccc(O)cc1F. The Balaban J connectivity index is 1.70. The lowest BCUT2D eigenvalue weighted by Gasteiger charge is -2.32. The molecule has 4 nitrogen and oxygen atoms in total. The van der Waals surface area contributed by atoms with Gasteiger partial charge in [-0.05, 0) is 50.4 Å². The van der Waals surface area contributed by atoms with Crippen molar-refractivity contribution in [2.45, 2.75) is 25.4 Å². The number of alkyl halides is 3. The van der Waals surface area contributed by atoms with Gasteiger partial charge in [-0.2, -0.15) is 13.2 Å². The molecular weight excluding hydrogens is 328 g/mol. The molecule has 2 rings (SSSR count). The number of halogens is 4. The zero-order valence-corrected chi connectivity index (χ0v) is 13.1. The molecule has 134 valence electrons. The third kappa shape index (κ3) is 5.67. The predicted octanol–water partition coefficient (Wildman–Crippen LogP) is 2.93. The van der Waals surface area contributed by atoms with E-state index in [1.54, 1.807) is 0 Å². The molecule has 8 heteroatoms. The summed E-state index contributed by atoms with van der Waals surface area (Å²) in [7, 11) is 0. The average Bonchev–Trinajstić information content (AvgIpc) is 2.47. The Bertz CT molecular complexity index is 570. The predicted molar refractivity (Wildman–Crippen MR) is 80.2 cm³/mol. The van der Waals surface area contributed by atoms with E-state index < -0.39 is 24.4 Å². The maximum absolute atomic E-state index is 13.5. The highest BCUT2D eigenvalue weighted by atomic mass is 19.4. The number of piperidine rings is 1. The fourth-order valence-electron chi connectivity index (χ4n) is 2.86. The topological polar surface area (TPSA) is 52.6 Å². The number of hydrogen-bond donors (Lipinski definition) is 2. The second kappa shape index (κ2) is 7.83. The third-order valence-corrected chi connectivity index (χ3v) is 4.15. The molecule has 2 N–H and O–H groups in total. The van der Waals surface area contributed by atoms with Crippen LogP contribution in [0.5, 0.6) is 5.75 Å². The molecule has 1 aromatic carbocycles. The van der Waals surface area contributed by atoms with Gasteiger partial charge >= 0.3 is 6.18 Å². The summed E-state index contributed by atoms with van der Waals surface area (Å²) in [6, 6.07) is 3.30. The number of benzene rings is 1. The number of carbonyl (C=O) groups excluding carboxylic acids is 1. The molecule has 1 aliphatic rings. The second-order valence-corrected chi connectivity index (χ2v) is 6.04. The molecule has 0 aliphatic carbocycles. The number of phenolic OH excluding ortho intramolecular Hbond substituents is 1. The van der Waals surface area contributed by atoms with Gasteiger partial charge in [-0.15, -0.1) is 0 Å². The van der Waals surface area contributed by atoms with Crippen LogP contribution in [-0.4, -0.2) is 48.3 Å². The number of nitrogens with zero attached hydrogens (tertiary/aromatic N) is 1. The number of aromatic hydroxyl groups is 1. The monoisotopic (exact) mass is 348 g/mol. The highest BCUT2D eigenvalue weighted by molar-refractivity contribution is 5.94. The number of likely N-dealkylation sites (tertiary alicyclic amines) is 1. The van der Waals surface area contributed by atoms with Crippen molar-refractivity contribution in [1.29, 1.82) is 0 Å². The Morgan fingerprint density at radius 2 is 1.96 bits per heavy atom. The van der Waals surface area contributed by atoms with Crippen LogP contribution < -0.4 is 5.32 Å². The first-order valence-corrected chi connectivity index (χ1v) is 7.80. The van der Waals surface area contributed by atoms with Gasteiger partial charge in [-0.1, -0.05) is 0 Å². The average molecular weight is 348 g/mol. The Kier molecular flexibility index (Phi) is 6.04. The summed E-state index contributed by atoms with van der Waals surface area (Å²) in [5.41, 5.74) is -0.146. The van der Waals surface area contributed by atoms with Crippen LogP contribution in [0.4, 0.5) is 17.6 Å². The van der Waals surface area contributed by atoms with Crippen molar-refractivity contribution >= 4 is 5.91 Å². The smallest absolute Gasteiger partial charge is 0.401 e. The number of amides is 1. The number of nitrogens with one attached hydrogen (secondary N) is 1.